The number of anilines is 1. The summed E-state index contributed by atoms with van der Waals surface area (Å²) in [5.41, 5.74) is 1.52. The van der Waals surface area contributed by atoms with Crippen LogP contribution in [0.2, 0.25) is 10.0 Å². The third kappa shape index (κ3) is 6.73. The van der Waals surface area contributed by atoms with Crippen LogP contribution in [0.3, 0.4) is 0 Å². The molecule has 2 aromatic carbocycles. The van der Waals surface area contributed by atoms with Crippen molar-refractivity contribution in [2.75, 3.05) is 18.4 Å². The van der Waals surface area contributed by atoms with Crippen molar-refractivity contribution in [3.63, 3.8) is 0 Å². The summed E-state index contributed by atoms with van der Waals surface area (Å²) in [5, 5.41) is 6.61. The fraction of sp³-hybridized carbons (Fsp3) is 0.333. The van der Waals surface area contributed by atoms with E-state index in [1.165, 1.54) is 0 Å². The van der Waals surface area contributed by atoms with Crippen molar-refractivity contribution < 1.29 is 9.59 Å². The Morgan fingerprint density at radius 2 is 1.79 bits per heavy atom. The molecule has 0 saturated heterocycles. The summed E-state index contributed by atoms with van der Waals surface area (Å²) in [6.07, 6.45) is 1.00. The molecule has 1 unspecified atom stereocenters. The molecule has 0 saturated carbocycles. The summed E-state index contributed by atoms with van der Waals surface area (Å²) in [6, 6.07) is 14.3. The number of carbonyl (C=O) groups is 2. The molecule has 0 bridgehead atoms. The monoisotopic (exact) mass is 421 g/mol. The molecule has 0 aliphatic carbocycles. The number of hydrogen-bond acceptors (Lipinski definition) is 2. The lowest BCUT2D eigenvalue weighted by atomic mass is 10.1. The maximum atomic E-state index is 12.6. The highest BCUT2D eigenvalue weighted by molar-refractivity contribution is 6.36. The molecule has 2 aromatic rings. The third-order valence-electron chi connectivity index (χ3n) is 4.24. The van der Waals surface area contributed by atoms with E-state index in [4.69, 9.17) is 23.2 Å². The molecule has 1 atom stereocenters. The lowest BCUT2D eigenvalue weighted by Gasteiger charge is -2.23. The molecule has 2 N–H and O–H groups in total. The van der Waals surface area contributed by atoms with Gasteiger partial charge in [0.15, 0.2) is 0 Å². The van der Waals surface area contributed by atoms with Gasteiger partial charge in [-0.25, -0.2) is 4.79 Å². The van der Waals surface area contributed by atoms with E-state index in [9.17, 15) is 9.59 Å². The second-order valence-corrected chi connectivity index (χ2v) is 7.33. The predicted molar refractivity (Wildman–Crippen MR) is 115 cm³/mol. The van der Waals surface area contributed by atoms with Gasteiger partial charge in [-0.1, -0.05) is 60.5 Å². The van der Waals surface area contributed by atoms with Crippen molar-refractivity contribution in [2.24, 2.45) is 0 Å². The van der Waals surface area contributed by atoms with E-state index in [1.54, 1.807) is 23.1 Å². The fourth-order valence-corrected chi connectivity index (χ4v) is 3.20. The van der Waals surface area contributed by atoms with Gasteiger partial charge in [-0.3, -0.25) is 4.79 Å². The number of benzene rings is 2. The summed E-state index contributed by atoms with van der Waals surface area (Å²) in [4.78, 5) is 26.5. The fourth-order valence-electron chi connectivity index (χ4n) is 2.75. The summed E-state index contributed by atoms with van der Waals surface area (Å²) in [7, 11) is 0. The molecule has 0 spiro atoms. The summed E-state index contributed by atoms with van der Waals surface area (Å²) >= 11 is 12.0. The zero-order chi connectivity index (χ0) is 20.5. The third-order valence-corrected chi connectivity index (χ3v) is 4.79. The van der Waals surface area contributed by atoms with Crippen molar-refractivity contribution in [3.8, 4) is 0 Å². The first-order valence-corrected chi connectivity index (χ1v) is 10.0. The topological polar surface area (TPSA) is 61.4 Å². The smallest absolute Gasteiger partial charge is 0.321 e. The van der Waals surface area contributed by atoms with Gasteiger partial charge in [-0.05, 0) is 37.1 Å². The van der Waals surface area contributed by atoms with Crippen LogP contribution in [0.25, 0.3) is 0 Å². The SMILES string of the molecule is CCCN(CCC(=O)NC(C)c1ccccc1)C(=O)Nc1ccc(Cl)cc1Cl. The van der Waals surface area contributed by atoms with Gasteiger partial charge in [-0.15, -0.1) is 0 Å². The Balaban J connectivity index is 1.90. The van der Waals surface area contributed by atoms with Crippen LogP contribution in [-0.2, 0) is 4.79 Å². The van der Waals surface area contributed by atoms with Crippen molar-refractivity contribution in [2.45, 2.75) is 32.7 Å². The molecule has 3 amide bonds. The number of nitrogens with zero attached hydrogens (tertiary/aromatic N) is 1. The minimum atomic E-state index is -0.296. The van der Waals surface area contributed by atoms with Crippen LogP contribution in [-0.4, -0.2) is 29.9 Å². The molecule has 28 heavy (non-hydrogen) atoms. The zero-order valence-corrected chi connectivity index (χ0v) is 17.6. The minimum absolute atomic E-state index is 0.0879. The van der Waals surface area contributed by atoms with E-state index < -0.39 is 0 Å². The van der Waals surface area contributed by atoms with Crippen LogP contribution in [0.15, 0.2) is 48.5 Å². The predicted octanol–water partition coefficient (Wildman–Crippen LogP) is 5.50. The van der Waals surface area contributed by atoms with E-state index in [-0.39, 0.29) is 24.4 Å². The quantitative estimate of drug-likeness (QED) is 0.590. The number of nitrogens with one attached hydrogen (secondary N) is 2. The average Bonchev–Trinajstić information content (AvgIpc) is 2.67. The van der Waals surface area contributed by atoms with Gasteiger partial charge < -0.3 is 15.5 Å². The minimum Gasteiger partial charge on any atom is -0.350 e. The van der Waals surface area contributed by atoms with Gasteiger partial charge in [0.2, 0.25) is 5.91 Å². The van der Waals surface area contributed by atoms with Gasteiger partial charge >= 0.3 is 6.03 Å². The molecule has 0 heterocycles. The number of halogens is 2. The molecule has 0 radical (unpaired) electrons. The number of urea groups is 1. The summed E-state index contributed by atoms with van der Waals surface area (Å²) in [6.45, 7) is 4.77. The maximum Gasteiger partial charge on any atom is 0.321 e. The number of rotatable bonds is 8. The highest BCUT2D eigenvalue weighted by atomic mass is 35.5. The Morgan fingerprint density at radius 3 is 2.43 bits per heavy atom. The van der Waals surface area contributed by atoms with Crippen LogP contribution in [0.4, 0.5) is 10.5 Å². The molecule has 0 aliphatic heterocycles. The number of hydrogen-bond donors (Lipinski definition) is 2. The van der Waals surface area contributed by atoms with Crippen LogP contribution in [0.5, 0.6) is 0 Å². The van der Waals surface area contributed by atoms with Crippen LogP contribution >= 0.6 is 23.2 Å². The first kappa shape index (κ1) is 22.1. The largest absolute Gasteiger partial charge is 0.350 e. The molecule has 7 heteroatoms. The molecule has 2 rings (SSSR count). The summed E-state index contributed by atoms with van der Waals surface area (Å²) in [5.74, 6) is -0.102. The summed E-state index contributed by atoms with van der Waals surface area (Å²) < 4.78 is 0. The molecule has 0 aliphatic rings. The Labute approximate surface area is 176 Å². The number of amides is 3. The van der Waals surface area contributed by atoms with Crippen LogP contribution < -0.4 is 10.6 Å². The van der Waals surface area contributed by atoms with E-state index in [0.29, 0.717) is 28.8 Å². The molecule has 0 aromatic heterocycles. The Morgan fingerprint density at radius 1 is 1.07 bits per heavy atom. The standard InChI is InChI=1S/C21H25Cl2N3O2/c1-3-12-26(21(28)25-19-10-9-17(22)14-18(19)23)13-11-20(27)24-15(2)16-7-5-4-6-8-16/h4-10,14-15H,3,11-13H2,1-2H3,(H,24,27)(H,25,28). The highest BCUT2D eigenvalue weighted by Gasteiger charge is 2.17. The van der Waals surface area contributed by atoms with Crippen LogP contribution in [0.1, 0.15) is 38.3 Å². The normalized spacial score (nSPS) is 11.6. The molecule has 5 nitrogen and oxygen atoms in total. The van der Waals surface area contributed by atoms with Crippen molar-refractivity contribution in [1.82, 2.24) is 10.2 Å². The average molecular weight is 422 g/mol. The van der Waals surface area contributed by atoms with Gasteiger partial charge in [0.05, 0.1) is 16.8 Å². The van der Waals surface area contributed by atoms with Gasteiger partial charge in [0.25, 0.3) is 0 Å². The van der Waals surface area contributed by atoms with Crippen LogP contribution in [0, 0.1) is 0 Å². The molecule has 150 valence electrons. The molecule has 0 fully saturated rings. The highest BCUT2D eigenvalue weighted by Crippen LogP contribution is 2.25. The zero-order valence-electron chi connectivity index (χ0n) is 16.0. The second kappa shape index (κ2) is 10.9. The lowest BCUT2D eigenvalue weighted by molar-refractivity contribution is -0.121. The maximum absolute atomic E-state index is 12.6. The Kier molecular flexibility index (Phi) is 8.61. The van der Waals surface area contributed by atoms with E-state index >= 15 is 0 Å². The Hall–Kier alpha value is -2.24. The van der Waals surface area contributed by atoms with Gasteiger partial charge in [0.1, 0.15) is 0 Å². The Bertz CT molecular complexity index is 799. The van der Waals surface area contributed by atoms with Gasteiger partial charge in [0, 0.05) is 24.5 Å². The first-order valence-electron chi connectivity index (χ1n) is 9.26. The van der Waals surface area contributed by atoms with Gasteiger partial charge in [-0.2, -0.15) is 0 Å². The van der Waals surface area contributed by atoms with E-state index in [1.807, 2.05) is 44.2 Å². The first-order chi connectivity index (χ1) is 13.4. The molecular weight excluding hydrogens is 397 g/mol. The second-order valence-electron chi connectivity index (χ2n) is 6.49. The van der Waals surface area contributed by atoms with E-state index in [0.717, 1.165) is 12.0 Å². The number of carbonyl (C=O) groups excluding carboxylic acids is 2. The van der Waals surface area contributed by atoms with E-state index in [2.05, 4.69) is 10.6 Å². The van der Waals surface area contributed by atoms with Crippen molar-refractivity contribution in [1.29, 1.82) is 0 Å². The van der Waals surface area contributed by atoms with Crippen molar-refractivity contribution in [3.05, 3.63) is 64.1 Å². The molecular formula is C21H25Cl2N3O2. The lowest BCUT2D eigenvalue weighted by Crippen LogP contribution is -2.38. The van der Waals surface area contributed by atoms with Crippen molar-refractivity contribution >= 4 is 40.8 Å².